The zero-order chi connectivity index (χ0) is 22.3. The Balaban J connectivity index is 1.89. The van der Waals surface area contributed by atoms with Gasteiger partial charge in [-0.15, -0.1) is 0 Å². The lowest BCUT2D eigenvalue weighted by molar-refractivity contribution is -0.133. The molecule has 160 valence electrons. The van der Waals surface area contributed by atoms with Crippen LogP contribution in [0.2, 0.25) is 0 Å². The van der Waals surface area contributed by atoms with Crippen LogP contribution in [0, 0.1) is 0 Å². The van der Waals surface area contributed by atoms with Crippen molar-refractivity contribution in [3.05, 3.63) is 90.7 Å². The Morgan fingerprint density at radius 3 is 2.23 bits per heavy atom. The molecule has 0 aliphatic heterocycles. The molecule has 3 aromatic carbocycles. The summed E-state index contributed by atoms with van der Waals surface area (Å²) in [4.78, 5) is 12.2. The van der Waals surface area contributed by atoms with Gasteiger partial charge in [0.2, 0.25) is 0 Å². The minimum absolute atomic E-state index is 0.0408. The Hall–Kier alpha value is -3.78. The molecule has 0 aliphatic carbocycles. The zero-order valence-corrected chi connectivity index (χ0v) is 17.7. The molecule has 0 saturated carbocycles. The van der Waals surface area contributed by atoms with Crippen LogP contribution in [0.4, 0.5) is 0 Å². The first-order valence-electron chi connectivity index (χ1n) is 9.13. The maximum Gasteiger partial charge on any atom is 0.341 e. The zero-order valence-electron chi connectivity index (χ0n) is 16.8. The average molecular weight is 440 g/mol. The van der Waals surface area contributed by atoms with Crippen LogP contribution in [0.15, 0.2) is 90.0 Å². The number of ether oxygens (including phenoxy) is 3. The van der Waals surface area contributed by atoms with Gasteiger partial charge in [-0.05, 0) is 30.3 Å². The van der Waals surface area contributed by atoms with Crippen molar-refractivity contribution in [2.24, 2.45) is 0 Å². The van der Waals surface area contributed by atoms with Crippen LogP contribution < -0.4 is 8.92 Å². The molecule has 0 heterocycles. The SMILES string of the molecule is CO/C=C(/C(=O)OC)c1ccccc1Oc1cccc(OS(=O)(=O)c2ccccc2)c1. The third-order valence-corrected chi connectivity index (χ3v) is 5.35. The lowest BCUT2D eigenvalue weighted by atomic mass is 10.1. The third-order valence-electron chi connectivity index (χ3n) is 4.09. The van der Waals surface area contributed by atoms with E-state index in [4.69, 9.17) is 18.4 Å². The fraction of sp³-hybridized carbons (Fsp3) is 0.0870. The summed E-state index contributed by atoms with van der Waals surface area (Å²) in [5, 5.41) is 0. The van der Waals surface area contributed by atoms with Crippen molar-refractivity contribution in [1.82, 2.24) is 0 Å². The first kappa shape index (κ1) is 21.9. The van der Waals surface area contributed by atoms with Gasteiger partial charge in [0.15, 0.2) is 0 Å². The molecule has 0 aromatic heterocycles. The van der Waals surface area contributed by atoms with Crippen molar-refractivity contribution in [3.8, 4) is 17.2 Å². The van der Waals surface area contributed by atoms with Crippen molar-refractivity contribution < 1.29 is 31.6 Å². The number of esters is 1. The van der Waals surface area contributed by atoms with E-state index in [9.17, 15) is 13.2 Å². The number of hydrogen-bond acceptors (Lipinski definition) is 7. The van der Waals surface area contributed by atoms with Gasteiger partial charge >= 0.3 is 16.1 Å². The Bertz CT molecular complexity index is 1190. The van der Waals surface area contributed by atoms with E-state index in [1.165, 1.54) is 44.7 Å². The van der Waals surface area contributed by atoms with E-state index in [2.05, 4.69) is 0 Å². The van der Waals surface area contributed by atoms with E-state index < -0.39 is 16.1 Å². The molecule has 0 fully saturated rings. The summed E-state index contributed by atoms with van der Waals surface area (Å²) in [5.41, 5.74) is 0.610. The van der Waals surface area contributed by atoms with Crippen molar-refractivity contribution in [3.63, 3.8) is 0 Å². The molecule has 0 aliphatic rings. The van der Waals surface area contributed by atoms with Crippen LogP contribution in [-0.2, 0) is 24.4 Å². The normalized spacial score (nSPS) is 11.5. The Kier molecular flexibility index (Phi) is 6.94. The number of para-hydroxylation sites is 1. The molecule has 0 saturated heterocycles. The van der Waals surface area contributed by atoms with Gasteiger partial charge in [-0.3, -0.25) is 0 Å². The van der Waals surface area contributed by atoms with E-state index in [1.807, 2.05) is 0 Å². The summed E-state index contributed by atoms with van der Waals surface area (Å²) in [6.45, 7) is 0. The van der Waals surface area contributed by atoms with Crippen molar-refractivity contribution in [2.75, 3.05) is 14.2 Å². The van der Waals surface area contributed by atoms with Gasteiger partial charge in [-0.2, -0.15) is 8.42 Å². The second-order valence-corrected chi connectivity index (χ2v) is 7.73. The summed E-state index contributed by atoms with van der Waals surface area (Å²) >= 11 is 0. The van der Waals surface area contributed by atoms with Gasteiger partial charge in [0.1, 0.15) is 27.7 Å². The molecule has 0 atom stereocenters. The standard InChI is InChI=1S/C23H20O7S/c1-27-16-21(23(24)28-2)20-13-6-7-14-22(20)29-17-9-8-10-18(15-17)30-31(25,26)19-11-4-3-5-12-19/h3-16H,1-2H3/b21-16+. The van der Waals surface area contributed by atoms with Gasteiger partial charge in [-0.25, -0.2) is 4.79 Å². The fourth-order valence-electron chi connectivity index (χ4n) is 2.71. The van der Waals surface area contributed by atoms with E-state index in [0.29, 0.717) is 17.1 Å². The van der Waals surface area contributed by atoms with Crippen LogP contribution in [0.5, 0.6) is 17.2 Å². The van der Waals surface area contributed by atoms with E-state index in [-0.39, 0.29) is 16.2 Å². The maximum absolute atomic E-state index is 12.5. The molecule has 0 spiro atoms. The smallest absolute Gasteiger partial charge is 0.341 e. The highest BCUT2D eigenvalue weighted by molar-refractivity contribution is 7.87. The van der Waals surface area contributed by atoms with Crippen molar-refractivity contribution in [1.29, 1.82) is 0 Å². The molecule has 0 unspecified atom stereocenters. The summed E-state index contributed by atoms with van der Waals surface area (Å²) in [6.07, 6.45) is 1.26. The van der Waals surface area contributed by atoms with Gasteiger partial charge in [-0.1, -0.05) is 42.5 Å². The third kappa shape index (κ3) is 5.43. The number of methoxy groups -OCH3 is 2. The van der Waals surface area contributed by atoms with E-state index in [0.717, 1.165) is 0 Å². The largest absolute Gasteiger partial charge is 0.503 e. The van der Waals surface area contributed by atoms with E-state index >= 15 is 0 Å². The lowest BCUT2D eigenvalue weighted by Gasteiger charge is -2.13. The molecule has 7 nitrogen and oxygen atoms in total. The van der Waals surface area contributed by atoms with Gasteiger partial charge in [0.25, 0.3) is 0 Å². The minimum atomic E-state index is -3.99. The molecule has 0 bridgehead atoms. The molecule has 0 amide bonds. The lowest BCUT2D eigenvalue weighted by Crippen LogP contribution is -2.09. The Morgan fingerprint density at radius 2 is 1.52 bits per heavy atom. The van der Waals surface area contributed by atoms with Crippen molar-refractivity contribution in [2.45, 2.75) is 4.90 Å². The predicted octanol–water partition coefficient (Wildman–Crippen LogP) is 4.41. The van der Waals surface area contributed by atoms with Gasteiger partial charge < -0.3 is 18.4 Å². The molecular weight excluding hydrogens is 420 g/mol. The van der Waals surface area contributed by atoms with Crippen LogP contribution in [0.3, 0.4) is 0 Å². The number of carbonyl (C=O) groups excluding carboxylic acids is 1. The molecule has 3 rings (SSSR count). The Labute approximate surface area is 180 Å². The quantitative estimate of drug-likeness (QED) is 0.222. The molecule has 31 heavy (non-hydrogen) atoms. The number of hydrogen-bond donors (Lipinski definition) is 0. The average Bonchev–Trinajstić information content (AvgIpc) is 2.78. The highest BCUT2D eigenvalue weighted by Crippen LogP contribution is 2.32. The van der Waals surface area contributed by atoms with Gasteiger partial charge in [0, 0.05) is 11.6 Å². The molecule has 0 radical (unpaired) electrons. The highest BCUT2D eigenvalue weighted by atomic mass is 32.2. The number of rotatable bonds is 8. The Morgan fingerprint density at radius 1 is 0.839 bits per heavy atom. The number of carbonyl (C=O) groups is 1. The highest BCUT2D eigenvalue weighted by Gasteiger charge is 2.19. The number of benzene rings is 3. The van der Waals surface area contributed by atoms with Crippen LogP contribution in [0.25, 0.3) is 5.57 Å². The first-order valence-corrected chi connectivity index (χ1v) is 10.5. The second-order valence-electron chi connectivity index (χ2n) is 6.18. The second kappa shape index (κ2) is 9.82. The van der Waals surface area contributed by atoms with Crippen LogP contribution in [-0.4, -0.2) is 28.6 Å². The molecule has 3 aromatic rings. The summed E-state index contributed by atoms with van der Waals surface area (Å²) < 4.78 is 45.9. The van der Waals surface area contributed by atoms with Gasteiger partial charge in [0.05, 0.1) is 20.5 Å². The molecule has 0 N–H and O–H groups in total. The molecular formula is C23H20O7S. The minimum Gasteiger partial charge on any atom is -0.503 e. The maximum atomic E-state index is 12.5. The van der Waals surface area contributed by atoms with Crippen molar-refractivity contribution >= 4 is 21.7 Å². The first-order chi connectivity index (χ1) is 14.9. The summed E-state index contributed by atoms with van der Waals surface area (Å²) in [5.74, 6) is 0.150. The molecule has 8 heteroatoms. The summed E-state index contributed by atoms with van der Waals surface area (Å²) in [7, 11) is -1.30. The summed E-state index contributed by atoms with van der Waals surface area (Å²) in [6, 6.07) is 20.8. The van der Waals surface area contributed by atoms with Crippen LogP contribution in [0.1, 0.15) is 5.56 Å². The van der Waals surface area contributed by atoms with E-state index in [1.54, 1.807) is 54.6 Å². The predicted molar refractivity (Wildman–Crippen MR) is 114 cm³/mol. The monoisotopic (exact) mass is 440 g/mol. The fourth-order valence-corrected chi connectivity index (χ4v) is 3.65. The van der Waals surface area contributed by atoms with Crippen LogP contribution >= 0.6 is 0 Å². The topological polar surface area (TPSA) is 88.1 Å².